The second-order valence-corrected chi connectivity index (χ2v) is 7.01. The lowest BCUT2D eigenvalue weighted by Crippen LogP contribution is -2.26. The van der Waals surface area contributed by atoms with Crippen molar-refractivity contribution in [1.82, 2.24) is 10.6 Å². The smallest absolute Gasteiger partial charge is 0.261 e. The van der Waals surface area contributed by atoms with Gasteiger partial charge in [-0.05, 0) is 47.7 Å². The van der Waals surface area contributed by atoms with Gasteiger partial charge in [-0.25, -0.2) is 8.78 Å². The average Bonchev–Trinajstić information content (AvgIpc) is 3.23. The highest BCUT2D eigenvalue weighted by molar-refractivity contribution is 7.12. The Bertz CT molecular complexity index is 937. The van der Waals surface area contributed by atoms with Crippen LogP contribution in [0.4, 0.5) is 8.78 Å². The van der Waals surface area contributed by atoms with Gasteiger partial charge in [0.25, 0.3) is 11.8 Å². The molecule has 0 spiro atoms. The van der Waals surface area contributed by atoms with E-state index in [9.17, 15) is 18.4 Å². The van der Waals surface area contributed by atoms with E-state index in [4.69, 9.17) is 0 Å². The molecule has 0 aliphatic heterocycles. The van der Waals surface area contributed by atoms with E-state index in [0.29, 0.717) is 17.0 Å². The van der Waals surface area contributed by atoms with Gasteiger partial charge in [-0.15, -0.1) is 11.3 Å². The SMILES string of the molecule is O=C(NCCc1c(F)cccc1F)c1ccc(CNC(=O)c2cccs2)cc1. The standard InChI is InChI=1S/C21H18F2N2O2S/c22-17-3-1-4-18(23)16(17)10-11-24-20(26)15-8-6-14(7-9-15)13-25-21(27)19-5-2-12-28-19/h1-9,12H,10-11,13H2,(H,24,26)(H,25,27). The topological polar surface area (TPSA) is 58.2 Å². The monoisotopic (exact) mass is 400 g/mol. The van der Waals surface area contributed by atoms with Crippen LogP contribution >= 0.6 is 11.3 Å². The predicted octanol–water partition coefficient (Wildman–Crippen LogP) is 3.93. The summed E-state index contributed by atoms with van der Waals surface area (Å²) < 4.78 is 27.2. The molecule has 0 aliphatic rings. The summed E-state index contributed by atoms with van der Waals surface area (Å²) >= 11 is 1.37. The van der Waals surface area contributed by atoms with Crippen molar-refractivity contribution in [2.75, 3.05) is 6.54 Å². The van der Waals surface area contributed by atoms with E-state index in [1.165, 1.54) is 29.5 Å². The summed E-state index contributed by atoms with van der Waals surface area (Å²) in [6.45, 7) is 0.473. The Morgan fingerprint density at radius 3 is 2.21 bits per heavy atom. The van der Waals surface area contributed by atoms with E-state index in [2.05, 4.69) is 10.6 Å². The number of carbonyl (C=O) groups excluding carboxylic acids is 2. The fraction of sp³-hybridized carbons (Fsp3) is 0.143. The van der Waals surface area contributed by atoms with Crippen LogP contribution in [0.2, 0.25) is 0 Å². The first-order valence-electron chi connectivity index (χ1n) is 8.66. The Morgan fingerprint density at radius 2 is 1.57 bits per heavy atom. The van der Waals surface area contributed by atoms with Crippen LogP contribution in [0.15, 0.2) is 60.0 Å². The predicted molar refractivity (Wildman–Crippen MR) is 104 cm³/mol. The van der Waals surface area contributed by atoms with E-state index in [1.54, 1.807) is 30.3 Å². The largest absolute Gasteiger partial charge is 0.352 e. The third kappa shape index (κ3) is 5.01. The van der Waals surface area contributed by atoms with Gasteiger partial charge < -0.3 is 10.6 Å². The molecule has 7 heteroatoms. The molecule has 0 saturated carbocycles. The number of hydrogen-bond donors (Lipinski definition) is 2. The molecule has 1 heterocycles. The summed E-state index contributed by atoms with van der Waals surface area (Å²) in [6.07, 6.45) is 0.0665. The van der Waals surface area contributed by atoms with E-state index in [1.807, 2.05) is 11.4 Å². The Labute approximate surface area is 165 Å². The third-order valence-electron chi connectivity index (χ3n) is 4.14. The van der Waals surface area contributed by atoms with Crippen molar-refractivity contribution in [1.29, 1.82) is 0 Å². The first kappa shape index (κ1) is 19.7. The van der Waals surface area contributed by atoms with Crippen LogP contribution < -0.4 is 10.6 Å². The van der Waals surface area contributed by atoms with Gasteiger partial charge in [0.05, 0.1) is 4.88 Å². The van der Waals surface area contributed by atoms with Gasteiger partial charge in [0.1, 0.15) is 11.6 Å². The van der Waals surface area contributed by atoms with E-state index >= 15 is 0 Å². The highest BCUT2D eigenvalue weighted by atomic mass is 32.1. The molecule has 2 aromatic carbocycles. The molecule has 0 radical (unpaired) electrons. The van der Waals surface area contributed by atoms with Gasteiger partial charge in [0.15, 0.2) is 0 Å². The van der Waals surface area contributed by atoms with Crippen LogP contribution in [0.3, 0.4) is 0 Å². The van der Waals surface area contributed by atoms with Crippen molar-refractivity contribution in [2.24, 2.45) is 0 Å². The fourth-order valence-corrected chi connectivity index (χ4v) is 3.27. The molecule has 2 amide bonds. The zero-order valence-electron chi connectivity index (χ0n) is 14.9. The van der Waals surface area contributed by atoms with Crippen LogP contribution in [-0.2, 0) is 13.0 Å². The van der Waals surface area contributed by atoms with Crippen molar-refractivity contribution in [2.45, 2.75) is 13.0 Å². The highest BCUT2D eigenvalue weighted by Crippen LogP contribution is 2.12. The third-order valence-corrected chi connectivity index (χ3v) is 5.01. The molecule has 28 heavy (non-hydrogen) atoms. The minimum Gasteiger partial charge on any atom is -0.352 e. The quantitative estimate of drug-likeness (QED) is 0.631. The molecule has 1 aromatic heterocycles. The lowest BCUT2D eigenvalue weighted by atomic mass is 10.1. The Kier molecular flexibility index (Phi) is 6.49. The highest BCUT2D eigenvalue weighted by Gasteiger charge is 2.10. The number of nitrogens with one attached hydrogen (secondary N) is 2. The van der Waals surface area contributed by atoms with Gasteiger partial charge in [-0.1, -0.05) is 24.3 Å². The van der Waals surface area contributed by atoms with E-state index in [-0.39, 0.29) is 30.3 Å². The Balaban J connectivity index is 1.49. The molecule has 144 valence electrons. The minimum atomic E-state index is -0.622. The van der Waals surface area contributed by atoms with E-state index < -0.39 is 11.6 Å². The summed E-state index contributed by atoms with van der Waals surface area (Å²) in [5.41, 5.74) is 1.25. The molecule has 0 atom stereocenters. The molecule has 0 bridgehead atoms. The van der Waals surface area contributed by atoms with Crippen LogP contribution in [0, 0.1) is 11.6 Å². The summed E-state index contributed by atoms with van der Waals surface area (Å²) in [6, 6.07) is 14.0. The summed E-state index contributed by atoms with van der Waals surface area (Å²) in [5.74, 6) is -1.71. The molecule has 0 fully saturated rings. The number of carbonyl (C=O) groups is 2. The molecule has 4 nitrogen and oxygen atoms in total. The molecule has 0 saturated heterocycles. The Morgan fingerprint density at radius 1 is 0.857 bits per heavy atom. The van der Waals surface area contributed by atoms with E-state index in [0.717, 1.165) is 5.56 Å². The van der Waals surface area contributed by atoms with Crippen molar-refractivity contribution in [3.05, 3.63) is 93.2 Å². The summed E-state index contributed by atoms with van der Waals surface area (Å²) in [5, 5.41) is 7.30. The lowest BCUT2D eigenvalue weighted by molar-refractivity contribution is 0.0945. The lowest BCUT2D eigenvalue weighted by Gasteiger charge is -2.08. The number of rotatable bonds is 7. The second kappa shape index (κ2) is 9.23. The number of hydrogen-bond acceptors (Lipinski definition) is 3. The van der Waals surface area contributed by atoms with Gasteiger partial charge in [0, 0.05) is 24.2 Å². The number of amides is 2. The molecular formula is C21H18F2N2O2S. The summed E-state index contributed by atoms with van der Waals surface area (Å²) in [4.78, 5) is 24.7. The molecule has 0 unspecified atom stereocenters. The van der Waals surface area contributed by atoms with Crippen molar-refractivity contribution < 1.29 is 18.4 Å². The van der Waals surface area contributed by atoms with Gasteiger partial charge in [0.2, 0.25) is 0 Å². The first-order valence-corrected chi connectivity index (χ1v) is 9.54. The van der Waals surface area contributed by atoms with Crippen LogP contribution in [0.5, 0.6) is 0 Å². The van der Waals surface area contributed by atoms with Gasteiger partial charge >= 0.3 is 0 Å². The first-order chi connectivity index (χ1) is 13.5. The maximum atomic E-state index is 13.6. The maximum Gasteiger partial charge on any atom is 0.261 e. The molecule has 0 aliphatic carbocycles. The number of benzene rings is 2. The van der Waals surface area contributed by atoms with Gasteiger partial charge in [-0.3, -0.25) is 9.59 Å². The van der Waals surface area contributed by atoms with Crippen LogP contribution in [0.1, 0.15) is 31.2 Å². The van der Waals surface area contributed by atoms with Gasteiger partial charge in [-0.2, -0.15) is 0 Å². The normalized spacial score (nSPS) is 10.5. The van der Waals surface area contributed by atoms with Crippen LogP contribution in [-0.4, -0.2) is 18.4 Å². The Hall–Kier alpha value is -3.06. The molecule has 2 N–H and O–H groups in total. The van der Waals surface area contributed by atoms with Crippen LogP contribution in [0.25, 0.3) is 0 Å². The zero-order chi connectivity index (χ0) is 19.9. The maximum absolute atomic E-state index is 13.6. The molecule has 3 rings (SSSR count). The number of halogens is 2. The molecule has 3 aromatic rings. The summed E-state index contributed by atoms with van der Waals surface area (Å²) in [7, 11) is 0. The second-order valence-electron chi connectivity index (χ2n) is 6.06. The van der Waals surface area contributed by atoms with Crippen molar-refractivity contribution in [3.63, 3.8) is 0 Å². The average molecular weight is 400 g/mol. The number of thiophene rings is 1. The van der Waals surface area contributed by atoms with Crippen molar-refractivity contribution in [3.8, 4) is 0 Å². The van der Waals surface area contributed by atoms with Crippen molar-refractivity contribution >= 4 is 23.2 Å². The zero-order valence-corrected chi connectivity index (χ0v) is 15.7. The molecular weight excluding hydrogens is 382 g/mol. The fourth-order valence-electron chi connectivity index (χ4n) is 2.63. The minimum absolute atomic E-state index is 0.0420.